The molecule has 0 aliphatic carbocycles. The van der Waals surface area contributed by atoms with Gasteiger partial charge in [0.15, 0.2) is 6.54 Å². The number of carbonyl (C=O) groups excluding carboxylic acids is 1. The topological polar surface area (TPSA) is 60.5 Å². The summed E-state index contributed by atoms with van der Waals surface area (Å²) in [6, 6.07) is 9.31. The van der Waals surface area contributed by atoms with Crippen molar-refractivity contribution in [2.45, 2.75) is 13.3 Å². The molecule has 2 unspecified atom stereocenters. The van der Waals surface area contributed by atoms with Crippen molar-refractivity contribution in [2.24, 2.45) is 11.8 Å². The van der Waals surface area contributed by atoms with E-state index in [9.17, 15) is 15.0 Å². The second kappa shape index (κ2) is 8.46. The molecule has 2 rings (SSSR count). The SMILES string of the molecule is CC(CO)CC(CO)C1=[N+](CC(=O)c2ccccc2)CCS1. The highest BCUT2D eigenvalue weighted by molar-refractivity contribution is 8.13. The summed E-state index contributed by atoms with van der Waals surface area (Å²) < 4.78 is 2.09. The third-order valence-electron chi connectivity index (χ3n) is 3.92. The zero-order chi connectivity index (χ0) is 15.9. The first-order chi connectivity index (χ1) is 10.7. The molecule has 22 heavy (non-hydrogen) atoms. The van der Waals surface area contributed by atoms with Gasteiger partial charge in [0.05, 0.1) is 18.3 Å². The number of thioether (sulfide) groups is 1. The van der Waals surface area contributed by atoms with Crippen LogP contribution >= 0.6 is 11.8 Å². The zero-order valence-corrected chi connectivity index (χ0v) is 13.8. The molecule has 1 heterocycles. The number of hydrogen-bond acceptors (Lipinski definition) is 4. The fourth-order valence-corrected chi connectivity index (χ4v) is 3.96. The van der Waals surface area contributed by atoms with Crippen molar-refractivity contribution in [2.75, 3.05) is 32.1 Å². The Balaban J connectivity index is 2.11. The van der Waals surface area contributed by atoms with E-state index in [1.165, 1.54) is 0 Å². The number of aliphatic hydroxyl groups excluding tert-OH is 2. The average Bonchev–Trinajstić information content (AvgIpc) is 3.01. The number of rotatable bonds is 8. The fourth-order valence-electron chi connectivity index (χ4n) is 2.70. The van der Waals surface area contributed by atoms with Crippen molar-refractivity contribution in [1.29, 1.82) is 0 Å². The molecule has 1 aliphatic rings. The molecule has 120 valence electrons. The van der Waals surface area contributed by atoms with Gasteiger partial charge in [-0.25, -0.2) is 4.58 Å². The van der Waals surface area contributed by atoms with E-state index in [-0.39, 0.29) is 30.8 Å². The Hall–Kier alpha value is -1.17. The summed E-state index contributed by atoms with van der Waals surface area (Å²) in [4.78, 5) is 12.4. The molecule has 2 atom stereocenters. The summed E-state index contributed by atoms with van der Waals surface area (Å²) in [5, 5.41) is 20.0. The third kappa shape index (κ3) is 4.41. The number of carbonyl (C=O) groups is 1. The molecule has 1 aromatic rings. The molecule has 0 radical (unpaired) electrons. The molecule has 0 amide bonds. The highest BCUT2D eigenvalue weighted by Crippen LogP contribution is 2.24. The van der Waals surface area contributed by atoms with Gasteiger partial charge in [0, 0.05) is 12.2 Å². The van der Waals surface area contributed by atoms with E-state index in [2.05, 4.69) is 4.58 Å². The second-order valence-electron chi connectivity index (χ2n) is 5.80. The minimum atomic E-state index is 0.0122. The molecule has 0 aromatic heterocycles. The van der Waals surface area contributed by atoms with Gasteiger partial charge in [0.2, 0.25) is 17.4 Å². The lowest BCUT2D eigenvalue weighted by molar-refractivity contribution is -0.506. The smallest absolute Gasteiger partial charge is 0.227 e. The van der Waals surface area contributed by atoms with Gasteiger partial charge in [0.25, 0.3) is 0 Å². The van der Waals surface area contributed by atoms with E-state index < -0.39 is 0 Å². The Bertz CT molecular complexity index is 530. The van der Waals surface area contributed by atoms with Crippen molar-refractivity contribution >= 4 is 22.6 Å². The van der Waals surface area contributed by atoms with Gasteiger partial charge in [0.1, 0.15) is 0 Å². The molecular formula is C17H24NO3S+. The van der Waals surface area contributed by atoms with Gasteiger partial charge in [-0.1, -0.05) is 49.0 Å². The molecule has 0 saturated carbocycles. The lowest BCUT2D eigenvalue weighted by Crippen LogP contribution is -2.29. The lowest BCUT2D eigenvalue weighted by atomic mass is 9.97. The Labute approximate surface area is 135 Å². The monoisotopic (exact) mass is 322 g/mol. The van der Waals surface area contributed by atoms with Crippen molar-refractivity contribution in [3.63, 3.8) is 0 Å². The zero-order valence-electron chi connectivity index (χ0n) is 12.9. The fraction of sp³-hybridized carbons (Fsp3) is 0.529. The number of aliphatic hydroxyl groups is 2. The predicted molar refractivity (Wildman–Crippen MR) is 89.7 cm³/mol. The molecule has 1 aromatic carbocycles. The molecule has 4 nitrogen and oxygen atoms in total. The number of benzene rings is 1. The largest absolute Gasteiger partial charge is 0.396 e. The van der Waals surface area contributed by atoms with Crippen LogP contribution in [-0.4, -0.2) is 57.7 Å². The Morgan fingerprint density at radius 3 is 2.64 bits per heavy atom. The highest BCUT2D eigenvalue weighted by Gasteiger charge is 2.32. The van der Waals surface area contributed by atoms with Crippen LogP contribution in [0.2, 0.25) is 0 Å². The van der Waals surface area contributed by atoms with Crippen LogP contribution in [0.3, 0.4) is 0 Å². The minimum absolute atomic E-state index is 0.0122. The van der Waals surface area contributed by atoms with Crippen LogP contribution in [0, 0.1) is 11.8 Å². The Morgan fingerprint density at radius 1 is 1.27 bits per heavy atom. The molecule has 0 fully saturated rings. The number of ketones is 1. The molecule has 0 bridgehead atoms. The van der Waals surface area contributed by atoms with E-state index >= 15 is 0 Å². The van der Waals surface area contributed by atoms with Crippen LogP contribution in [0.5, 0.6) is 0 Å². The van der Waals surface area contributed by atoms with Crippen molar-refractivity contribution in [3.8, 4) is 0 Å². The third-order valence-corrected chi connectivity index (χ3v) is 5.20. The van der Waals surface area contributed by atoms with Crippen LogP contribution in [0.1, 0.15) is 23.7 Å². The van der Waals surface area contributed by atoms with E-state index in [1.54, 1.807) is 11.8 Å². The van der Waals surface area contributed by atoms with E-state index in [1.807, 2.05) is 37.3 Å². The Morgan fingerprint density at radius 2 is 2.00 bits per heavy atom. The standard InChI is InChI=1S/C17H24NO3S/c1-13(11-19)9-15(12-20)17-18(7-8-22-17)10-16(21)14-5-3-2-4-6-14/h2-6,13,15,19-20H,7-12H2,1H3/q+1. The van der Waals surface area contributed by atoms with Crippen molar-refractivity contribution in [1.82, 2.24) is 0 Å². The van der Waals surface area contributed by atoms with Gasteiger partial charge in [-0.15, -0.1) is 0 Å². The van der Waals surface area contributed by atoms with Gasteiger partial charge >= 0.3 is 0 Å². The van der Waals surface area contributed by atoms with Gasteiger partial charge in [-0.05, 0) is 12.3 Å². The number of nitrogens with zero attached hydrogens (tertiary/aromatic N) is 1. The molecule has 2 N–H and O–H groups in total. The number of hydrogen-bond donors (Lipinski definition) is 2. The van der Waals surface area contributed by atoms with Crippen LogP contribution in [0.25, 0.3) is 0 Å². The average molecular weight is 322 g/mol. The minimum Gasteiger partial charge on any atom is -0.396 e. The molecule has 0 spiro atoms. The number of Topliss-reactive ketones (excluding diaryl/α,β-unsaturated/α-hetero) is 1. The van der Waals surface area contributed by atoms with E-state index in [0.717, 1.165) is 29.3 Å². The first-order valence-electron chi connectivity index (χ1n) is 7.70. The Kier molecular flexibility index (Phi) is 6.61. The quantitative estimate of drug-likeness (QED) is 0.564. The second-order valence-corrected chi connectivity index (χ2v) is 6.92. The van der Waals surface area contributed by atoms with Crippen LogP contribution in [0.15, 0.2) is 30.3 Å². The highest BCUT2D eigenvalue weighted by atomic mass is 32.2. The molecule has 1 aliphatic heterocycles. The van der Waals surface area contributed by atoms with E-state index in [4.69, 9.17) is 0 Å². The summed E-state index contributed by atoms with van der Waals surface area (Å²) in [6.07, 6.45) is 0.741. The predicted octanol–water partition coefficient (Wildman–Crippen LogP) is 1.65. The lowest BCUT2D eigenvalue weighted by Gasteiger charge is -2.15. The summed E-state index contributed by atoms with van der Waals surface area (Å²) in [5.74, 6) is 1.21. The summed E-state index contributed by atoms with van der Waals surface area (Å²) in [5.41, 5.74) is 0.725. The maximum absolute atomic E-state index is 12.4. The summed E-state index contributed by atoms with van der Waals surface area (Å²) in [7, 11) is 0. The van der Waals surface area contributed by atoms with Gasteiger partial charge < -0.3 is 10.2 Å². The normalized spacial score (nSPS) is 17.6. The summed E-state index contributed by atoms with van der Waals surface area (Å²) in [6.45, 7) is 3.35. The maximum Gasteiger partial charge on any atom is 0.227 e. The van der Waals surface area contributed by atoms with Crippen LogP contribution in [-0.2, 0) is 0 Å². The van der Waals surface area contributed by atoms with Crippen LogP contribution < -0.4 is 0 Å². The molecular weight excluding hydrogens is 298 g/mol. The first-order valence-corrected chi connectivity index (χ1v) is 8.68. The van der Waals surface area contributed by atoms with Gasteiger partial charge in [-0.3, -0.25) is 4.79 Å². The van der Waals surface area contributed by atoms with Crippen molar-refractivity contribution in [3.05, 3.63) is 35.9 Å². The molecule has 0 saturated heterocycles. The maximum atomic E-state index is 12.4. The van der Waals surface area contributed by atoms with E-state index in [0.29, 0.717) is 6.54 Å². The van der Waals surface area contributed by atoms with Crippen molar-refractivity contribution < 1.29 is 19.6 Å². The first kappa shape index (κ1) is 17.2. The molecule has 5 heteroatoms. The van der Waals surface area contributed by atoms with Gasteiger partial charge in [-0.2, -0.15) is 0 Å². The van der Waals surface area contributed by atoms with Crippen LogP contribution in [0.4, 0.5) is 0 Å². The summed E-state index contributed by atoms with van der Waals surface area (Å²) >= 11 is 1.72.